The van der Waals surface area contributed by atoms with Gasteiger partial charge in [-0.25, -0.2) is 5.01 Å². The van der Waals surface area contributed by atoms with Crippen LogP contribution >= 0.6 is 12.2 Å². The lowest BCUT2D eigenvalue weighted by atomic mass is 10.2. The summed E-state index contributed by atoms with van der Waals surface area (Å²) in [5.74, 6) is 0.0294. The van der Waals surface area contributed by atoms with Crippen LogP contribution in [-0.4, -0.2) is 58.4 Å². The number of rotatable bonds is 5. The largest absolute Gasteiger partial charge is 0.466 e. The number of carbonyl (C=O) groups excluding carboxylic acids is 2. The van der Waals surface area contributed by atoms with Gasteiger partial charge in [-0.05, 0) is 39.4 Å². The van der Waals surface area contributed by atoms with Crippen LogP contribution in [0, 0.1) is 13.8 Å². The van der Waals surface area contributed by atoms with Crippen LogP contribution in [0.1, 0.15) is 41.6 Å². The maximum atomic E-state index is 12.8. The average molecular weight is 354 g/mol. The molecule has 8 nitrogen and oxygen atoms in total. The molecule has 2 heterocycles. The highest BCUT2D eigenvalue weighted by atomic mass is 32.1. The number of aromatic nitrogens is 1. The molecule has 0 aromatic carbocycles. The van der Waals surface area contributed by atoms with Crippen molar-refractivity contribution in [3.8, 4) is 0 Å². The van der Waals surface area contributed by atoms with Crippen molar-refractivity contribution in [2.45, 2.75) is 33.6 Å². The van der Waals surface area contributed by atoms with Crippen LogP contribution < -0.4 is 5.32 Å². The summed E-state index contributed by atoms with van der Waals surface area (Å²) in [6.07, 6.45) is 1.04. The van der Waals surface area contributed by atoms with Gasteiger partial charge in [0.25, 0.3) is 5.91 Å². The summed E-state index contributed by atoms with van der Waals surface area (Å²) in [5.41, 5.74) is 1.03. The van der Waals surface area contributed by atoms with Crippen molar-refractivity contribution in [1.82, 2.24) is 20.5 Å². The number of hydrazine groups is 1. The topological polar surface area (TPSA) is 87.9 Å². The third-order valence-corrected chi connectivity index (χ3v) is 4.01. The summed E-state index contributed by atoms with van der Waals surface area (Å²) in [7, 11) is 0. The minimum Gasteiger partial charge on any atom is -0.466 e. The summed E-state index contributed by atoms with van der Waals surface area (Å²) in [6.45, 7) is 7.14. The van der Waals surface area contributed by atoms with Gasteiger partial charge in [0.05, 0.1) is 18.7 Å². The molecule has 0 aliphatic carbocycles. The van der Waals surface area contributed by atoms with Crippen molar-refractivity contribution < 1.29 is 18.8 Å². The number of thiocarbonyl (C=S) groups is 1. The Morgan fingerprint density at radius 3 is 2.67 bits per heavy atom. The van der Waals surface area contributed by atoms with Gasteiger partial charge in [-0.15, -0.1) is 0 Å². The highest BCUT2D eigenvalue weighted by Gasteiger charge is 2.32. The van der Waals surface area contributed by atoms with Gasteiger partial charge in [-0.1, -0.05) is 5.16 Å². The van der Waals surface area contributed by atoms with E-state index in [9.17, 15) is 9.59 Å². The van der Waals surface area contributed by atoms with Crippen molar-refractivity contribution >= 4 is 29.2 Å². The molecular formula is C15H22N4O4S. The van der Waals surface area contributed by atoms with Gasteiger partial charge >= 0.3 is 5.97 Å². The van der Waals surface area contributed by atoms with E-state index >= 15 is 0 Å². The second-order valence-electron chi connectivity index (χ2n) is 5.39. The third kappa shape index (κ3) is 4.02. The van der Waals surface area contributed by atoms with E-state index in [-0.39, 0.29) is 18.3 Å². The zero-order valence-electron chi connectivity index (χ0n) is 14.1. The number of amides is 1. The first kappa shape index (κ1) is 18.2. The Morgan fingerprint density at radius 2 is 2.04 bits per heavy atom. The van der Waals surface area contributed by atoms with Gasteiger partial charge in [0.2, 0.25) is 0 Å². The number of carbonyl (C=O) groups is 2. The molecule has 1 aliphatic rings. The standard InChI is InChI=1S/C15H22N4O4S/c1-4-22-12(20)6-7-16-15(24)19-9-5-8-18(19)14(21)13-10(2)17-23-11(13)3/h4-9H2,1-3H3,(H,16,24). The number of nitrogens with zero attached hydrogens (tertiary/aromatic N) is 3. The van der Waals surface area contributed by atoms with E-state index in [1.165, 1.54) is 0 Å². The van der Waals surface area contributed by atoms with E-state index < -0.39 is 0 Å². The third-order valence-electron chi connectivity index (χ3n) is 3.66. The highest BCUT2D eigenvalue weighted by Crippen LogP contribution is 2.20. The quantitative estimate of drug-likeness (QED) is 0.623. The first-order valence-corrected chi connectivity index (χ1v) is 8.32. The lowest BCUT2D eigenvalue weighted by molar-refractivity contribution is -0.142. The summed E-state index contributed by atoms with van der Waals surface area (Å²) >= 11 is 5.35. The normalized spacial score (nSPS) is 14.0. The molecule has 1 aromatic heterocycles. The van der Waals surface area contributed by atoms with Crippen molar-refractivity contribution in [2.75, 3.05) is 26.2 Å². The van der Waals surface area contributed by atoms with Gasteiger partial charge in [-0.2, -0.15) is 0 Å². The monoisotopic (exact) mass is 354 g/mol. The first-order chi connectivity index (χ1) is 11.5. The van der Waals surface area contributed by atoms with E-state index in [4.69, 9.17) is 21.5 Å². The molecule has 1 aromatic rings. The Morgan fingerprint density at radius 1 is 1.33 bits per heavy atom. The molecule has 2 rings (SSSR count). The smallest absolute Gasteiger partial charge is 0.307 e. The van der Waals surface area contributed by atoms with Gasteiger partial charge in [0, 0.05) is 19.6 Å². The van der Waals surface area contributed by atoms with Crippen LogP contribution in [0.4, 0.5) is 0 Å². The molecule has 0 unspecified atom stereocenters. The molecule has 0 spiro atoms. The number of aryl methyl sites for hydroxylation is 2. The lowest BCUT2D eigenvalue weighted by Gasteiger charge is -2.30. The van der Waals surface area contributed by atoms with Crippen molar-refractivity contribution in [3.63, 3.8) is 0 Å². The van der Waals surface area contributed by atoms with Crippen LogP contribution in [0.25, 0.3) is 0 Å². The number of ether oxygens (including phenoxy) is 1. The Kier molecular flexibility index (Phi) is 6.13. The van der Waals surface area contributed by atoms with Gasteiger partial charge in [0.15, 0.2) is 5.11 Å². The Hall–Kier alpha value is -2.16. The van der Waals surface area contributed by atoms with Crippen molar-refractivity contribution in [3.05, 3.63) is 17.0 Å². The lowest BCUT2D eigenvalue weighted by Crippen LogP contribution is -2.49. The molecule has 0 saturated carbocycles. The molecule has 0 bridgehead atoms. The molecule has 1 N–H and O–H groups in total. The van der Waals surface area contributed by atoms with E-state index in [1.807, 2.05) is 0 Å². The fraction of sp³-hybridized carbons (Fsp3) is 0.600. The molecule has 0 atom stereocenters. The van der Waals surface area contributed by atoms with Gasteiger partial charge in [0.1, 0.15) is 11.3 Å². The molecule has 0 radical (unpaired) electrons. The fourth-order valence-corrected chi connectivity index (χ4v) is 2.84. The zero-order valence-corrected chi connectivity index (χ0v) is 14.9. The summed E-state index contributed by atoms with van der Waals surface area (Å²) in [4.78, 5) is 24.1. The molecule has 1 fully saturated rings. The predicted octanol–water partition coefficient (Wildman–Crippen LogP) is 1.18. The van der Waals surface area contributed by atoms with Crippen LogP contribution in [0.2, 0.25) is 0 Å². The summed E-state index contributed by atoms with van der Waals surface area (Å²) < 4.78 is 9.94. The zero-order chi connectivity index (χ0) is 17.7. The Bertz CT molecular complexity index is 611. The molecular weight excluding hydrogens is 332 g/mol. The number of nitrogens with one attached hydrogen (secondary N) is 1. The Labute approximate surface area is 146 Å². The maximum Gasteiger partial charge on any atom is 0.307 e. The van der Waals surface area contributed by atoms with E-state index in [0.29, 0.717) is 48.4 Å². The second-order valence-corrected chi connectivity index (χ2v) is 5.78. The first-order valence-electron chi connectivity index (χ1n) is 7.91. The van der Waals surface area contributed by atoms with Crippen LogP contribution in [0.15, 0.2) is 4.52 Å². The number of esters is 1. The van der Waals surface area contributed by atoms with E-state index in [1.54, 1.807) is 30.8 Å². The predicted molar refractivity (Wildman–Crippen MR) is 90.2 cm³/mol. The average Bonchev–Trinajstić information content (AvgIpc) is 3.14. The van der Waals surface area contributed by atoms with Crippen molar-refractivity contribution in [1.29, 1.82) is 0 Å². The van der Waals surface area contributed by atoms with Crippen LogP contribution in [0.3, 0.4) is 0 Å². The summed E-state index contributed by atoms with van der Waals surface area (Å²) in [6, 6.07) is 0. The van der Waals surface area contributed by atoms with Crippen molar-refractivity contribution in [2.24, 2.45) is 0 Å². The SMILES string of the molecule is CCOC(=O)CCNC(=S)N1CCCN1C(=O)c1c(C)noc1C. The molecule has 1 saturated heterocycles. The molecule has 1 amide bonds. The van der Waals surface area contributed by atoms with Gasteiger partial charge < -0.3 is 14.6 Å². The summed E-state index contributed by atoms with van der Waals surface area (Å²) in [5, 5.41) is 10.5. The van der Waals surface area contributed by atoms with Crippen LogP contribution in [0.5, 0.6) is 0 Å². The van der Waals surface area contributed by atoms with Gasteiger partial charge in [-0.3, -0.25) is 14.6 Å². The Balaban J connectivity index is 1.96. The molecule has 9 heteroatoms. The minimum absolute atomic E-state index is 0.182. The minimum atomic E-state index is -0.280. The number of hydrogen-bond donors (Lipinski definition) is 1. The number of hydrogen-bond acceptors (Lipinski definition) is 6. The highest BCUT2D eigenvalue weighted by molar-refractivity contribution is 7.80. The fourth-order valence-electron chi connectivity index (χ4n) is 2.55. The molecule has 132 valence electrons. The molecule has 24 heavy (non-hydrogen) atoms. The maximum absolute atomic E-state index is 12.8. The molecule has 1 aliphatic heterocycles. The van der Waals surface area contributed by atoms with E-state index in [0.717, 1.165) is 6.42 Å². The second kappa shape index (κ2) is 8.09. The van der Waals surface area contributed by atoms with Crippen LogP contribution in [-0.2, 0) is 9.53 Å². The van der Waals surface area contributed by atoms with E-state index in [2.05, 4.69) is 10.5 Å².